The van der Waals surface area contributed by atoms with E-state index in [0.717, 1.165) is 4.47 Å². The molecule has 1 fully saturated rings. The summed E-state index contributed by atoms with van der Waals surface area (Å²) in [7, 11) is 0. The minimum Gasteiger partial charge on any atom is -0.339 e. The van der Waals surface area contributed by atoms with Crippen molar-refractivity contribution in [3.8, 4) is 0 Å². The van der Waals surface area contributed by atoms with Gasteiger partial charge in [-0.1, -0.05) is 12.1 Å². The first-order valence-electron chi connectivity index (χ1n) is 9.11. The van der Waals surface area contributed by atoms with E-state index in [1.165, 1.54) is 0 Å². The van der Waals surface area contributed by atoms with Gasteiger partial charge in [-0.05, 0) is 66.2 Å². The van der Waals surface area contributed by atoms with Crippen LogP contribution < -0.4 is 10.6 Å². The van der Waals surface area contributed by atoms with Gasteiger partial charge in [0.25, 0.3) is 5.91 Å². The quantitative estimate of drug-likeness (QED) is 0.735. The van der Waals surface area contributed by atoms with E-state index >= 15 is 0 Å². The molecule has 0 spiro atoms. The lowest BCUT2D eigenvalue weighted by atomic mass is 10.1. The summed E-state index contributed by atoms with van der Waals surface area (Å²) in [5, 5.41) is 5.67. The van der Waals surface area contributed by atoms with Gasteiger partial charge in [0.1, 0.15) is 0 Å². The Labute approximate surface area is 172 Å². The Morgan fingerprint density at radius 1 is 1.07 bits per heavy atom. The van der Waals surface area contributed by atoms with Crippen molar-refractivity contribution < 1.29 is 14.4 Å². The first-order chi connectivity index (χ1) is 13.3. The first kappa shape index (κ1) is 20.1. The Bertz CT molecular complexity index is 896. The van der Waals surface area contributed by atoms with Gasteiger partial charge < -0.3 is 15.5 Å². The molecular formula is C21H22BrN3O3. The van der Waals surface area contributed by atoms with E-state index in [4.69, 9.17) is 0 Å². The van der Waals surface area contributed by atoms with Gasteiger partial charge in [-0.3, -0.25) is 14.4 Å². The largest absolute Gasteiger partial charge is 0.339 e. The van der Waals surface area contributed by atoms with Crippen LogP contribution in [-0.4, -0.2) is 35.2 Å². The monoisotopic (exact) mass is 443 g/mol. The standard InChI is InChI=1S/C21H22BrN3O3/c1-13(2)25-12-15(11-19(25)26)21(28)23-16-9-7-14(8-10-16)20(27)24-18-6-4-3-5-17(18)22/h3-10,13,15H,11-12H2,1-2H3,(H,23,28)(H,24,27). The molecule has 1 saturated heterocycles. The fraction of sp³-hybridized carbons (Fsp3) is 0.286. The van der Waals surface area contributed by atoms with Crippen molar-refractivity contribution in [2.24, 2.45) is 5.92 Å². The van der Waals surface area contributed by atoms with E-state index in [1.807, 2.05) is 32.0 Å². The van der Waals surface area contributed by atoms with Crippen molar-refractivity contribution in [3.63, 3.8) is 0 Å². The van der Waals surface area contributed by atoms with Crippen molar-refractivity contribution >= 4 is 45.0 Å². The number of hydrogen-bond acceptors (Lipinski definition) is 3. The smallest absolute Gasteiger partial charge is 0.255 e. The second-order valence-corrected chi connectivity index (χ2v) is 7.90. The van der Waals surface area contributed by atoms with Crippen molar-refractivity contribution in [1.82, 2.24) is 4.90 Å². The number of nitrogens with zero attached hydrogens (tertiary/aromatic N) is 1. The predicted molar refractivity (Wildman–Crippen MR) is 112 cm³/mol. The molecule has 1 aliphatic rings. The maximum atomic E-state index is 12.5. The molecule has 2 N–H and O–H groups in total. The number of carbonyl (C=O) groups excluding carboxylic acids is 3. The van der Waals surface area contributed by atoms with Gasteiger partial charge in [0.2, 0.25) is 11.8 Å². The molecule has 146 valence electrons. The number of nitrogens with one attached hydrogen (secondary N) is 2. The third-order valence-electron chi connectivity index (χ3n) is 4.69. The van der Waals surface area contributed by atoms with E-state index in [1.54, 1.807) is 35.2 Å². The highest BCUT2D eigenvalue weighted by atomic mass is 79.9. The zero-order chi connectivity index (χ0) is 20.3. The summed E-state index contributed by atoms with van der Waals surface area (Å²) in [5.41, 5.74) is 1.76. The highest BCUT2D eigenvalue weighted by Crippen LogP contribution is 2.23. The Morgan fingerprint density at radius 3 is 2.36 bits per heavy atom. The number of benzene rings is 2. The van der Waals surface area contributed by atoms with Crippen LogP contribution in [0.4, 0.5) is 11.4 Å². The molecule has 1 aliphatic heterocycles. The summed E-state index contributed by atoms with van der Waals surface area (Å²) in [4.78, 5) is 38.5. The third kappa shape index (κ3) is 4.59. The van der Waals surface area contributed by atoms with Gasteiger partial charge in [-0.2, -0.15) is 0 Å². The lowest BCUT2D eigenvalue weighted by molar-refractivity contribution is -0.129. The molecule has 1 unspecified atom stereocenters. The summed E-state index contributed by atoms with van der Waals surface area (Å²) in [6.07, 6.45) is 0.233. The molecule has 2 aromatic rings. The summed E-state index contributed by atoms with van der Waals surface area (Å²) in [6, 6.07) is 14.1. The van der Waals surface area contributed by atoms with Gasteiger partial charge >= 0.3 is 0 Å². The predicted octanol–water partition coefficient (Wildman–Crippen LogP) is 3.90. The van der Waals surface area contributed by atoms with Gasteiger partial charge in [0.05, 0.1) is 11.6 Å². The van der Waals surface area contributed by atoms with E-state index < -0.39 is 0 Å². The Hall–Kier alpha value is -2.67. The minimum absolute atomic E-state index is 0.00856. The number of para-hydroxylation sites is 1. The molecule has 3 amide bonds. The van der Waals surface area contributed by atoms with Crippen LogP contribution in [0, 0.1) is 5.92 Å². The number of carbonyl (C=O) groups is 3. The summed E-state index contributed by atoms with van der Waals surface area (Å²) in [6.45, 7) is 4.32. The van der Waals surface area contributed by atoms with E-state index in [0.29, 0.717) is 23.5 Å². The molecule has 0 radical (unpaired) electrons. The van der Waals surface area contributed by atoms with Gasteiger partial charge in [-0.25, -0.2) is 0 Å². The van der Waals surface area contributed by atoms with Crippen LogP contribution in [0.1, 0.15) is 30.6 Å². The average molecular weight is 444 g/mol. The molecule has 1 atom stereocenters. The zero-order valence-electron chi connectivity index (χ0n) is 15.7. The van der Waals surface area contributed by atoms with Crippen LogP contribution >= 0.6 is 15.9 Å². The second kappa shape index (κ2) is 8.56. The number of halogens is 1. The average Bonchev–Trinajstić information content (AvgIpc) is 3.06. The topological polar surface area (TPSA) is 78.5 Å². The van der Waals surface area contributed by atoms with Crippen LogP contribution in [0.5, 0.6) is 0 Å². The molecule has 0 aliphatic carbocycles. The lowest BCUT2D eigenvalue weighted by Crippen LogP contribution is -2.33. The van der Waals surface area contributed by atoms with E-state index in [2.05, 4.69) is 26.6 Å². The molecule has 3 rings (SSSR count). The fourth-order valence-corrected chi connectivity index (χ4v) is 3.50. The molecule has 6 nitrogen and oxygen atoms in total. The molecule has 28 heavy (non-hydrogen) atoms. The van der Waals surface area contributed by atoms with Crippen LogP contribution in [-0.2, 0) is 9.59 Å². The van der Waals surface area contributed by atoms with Crippen LogP contribution in [0.3, 0.4) is 0 Å². The van der Waals surface area contributed by atoms with Crippen LogP contribution in [0.15, 0.2) is 53.0 Å². The van der Waals surface area contributed by atoms with Crippen LogP contribution in [0.2, 0.25) is 0 Å². The Morgan fingerprint density at radius 2 is 1.75 bits per heavy atom. The molecule has 0 bridgehead atoms. The number of rotatable bonds is 5. The Kier molecular flexibility index (Phi) is 6.14. The summed E-state index contributed by atoms with van der Waals surface area (Å²) in [5.74, 6) is -0.761. The van der Waals surface area contributed by atoms with Crippen molar-refractivity contribution in [2.75, 3.05) is 17.2 Å². The maximum Gasteiger partial charge on any atom is 0.255 e. The van der Waals surface area contributed by atoms with Crippen molar-refractivity contribution in [3.05, 3.63) is 58.6 Å². The summed E-state index contributed by atoms with van der Waals surface area (Å²) < 4.78 is 0.800. The van der Waals surface area contributed by atoms with E-state index in [9.17, 15) is 14.4 Å². The molecule has 2 aromatic carbocycles. The van der Waals surface area contributed by atoms with Crippen molar-refractivity contribution in [1.29, 1.82) is 0 Å². The number of likely N-dealkylation sites (tertiary alicyclic amines) is 1. The zero-order valence-corrected chi connectivity index (χ0v) is 17.3. The SMILES string of the molecule is CC(C)N1CC(C(=O)Nc2ccc(C(=O)Nc3ccccc3Br)cc2)CC1=O. The maximum absolute atomic E-state index is 12.5. The van der Waals surface area contributed by atoms with E-state index in [-0.39, 0.29) is 36.1 Å². The highest BCUT2D eigenvalue weighted by molar-refractivity contribution is 9.10. The molecule has 0 saturated carbocycles. The minimum atomic E-state index is -0.353. The van der Waals surface area contributed by atoms with Gasteiger partial charge in [0.15, 0.2) is 0 Å². The summed E-state index contributed by atoms with van der Waals surface area (Å²) >= 11 is 3.40. The fourth-order valence-electron chi connectivity index (χ4n) is 3.11. The van der Waals surface area contributed by atoms with Gasteiger partial charge in [-0.15, -0.1) is 0 Å². The second-order valence-electron chi connectivity index (χ2n) is 7.04. The third-order valence-corrected chi connectivity index (χ3v) is 5.38. The Balaban J connectivity index is 1.60. The first-order valence-corrected chi connectivity index (χ1v) is 9.90. The highest BCUT2D eigenvalue weighted by Gasteiger charge is 2.35. The van der Waals surface area contributed by atoms with Crippen LogP contribution in [0.25, 0.3) is 0 Å². The molecule has 1 heterocycles. The molecular weight excluding hydrogens is 422 g/mol. The number of anilines is 2. The van der Waals surface area contributed by atoms with Gasteiger partial charge in [0, 0.05) is 34.7 Å². The lowest BCUT2D eigenvalue weighted by Gasteiger charge is -2.20. The normalized spacial score (nSPS) is 16.4. The number of hydrogen-bond donors (Lipinski definition) is 2. The number of amides is 3. The molecule has 0 aromatic heterocycles. The molecule has 7 heteroatoms. The van der Waals surface area contributed by atoms with Crippen molar-refractivity contribution in [2.45, 2.75) is 26.3 Å².